The van der Waals surface area contributed by atoms with Crippen molar-refractivity contribution >= 4 is 23.0 Å². The number of carbonyl (C=O) groups excluding carboxylic acids is 2. The topological polar surface area (TPSA) is 69.6 Å². The third kappa shape index (κ3) is 3.86. The molecule has 0 aliphatic carbocycles. The minimum absolute atomic E-state index is 0.0488. The van der Waals surface area contributed by atoms with E-state index in [0.717, 1.165) is 41.1 Å². The highest BCUT2D eigenvalue weighted by Crippen LogP contribution is 2.36. The van der Waals surface area contributed by atoms with Gasteiger partial charge in [0, 0.05) is 33.2 Å². The van der Waals surface area contributed by atoms with Crippen LogP contribution in [0.5, 0.6) is 0 Å². The van der Waals surface area contributed by atoms with Gasteiger partial charge in [0.05, 0.1) is 22.4 Å². The molecule has 0 N–H and O–H groups in total. The molecule has 2 aromatic carbocycles. The zero-order valence-electron chi connectivity index (χ0n) is 19.2. The molecule has 7 nitrogen and oxygen atoms in total. The van der Waals surface area contributed by atoms with Crippen molar-refractivity contribution < 1.29 is 9.59 Å². The fourth-order valence-electron chi connectivity index (χ4n) is 5.05. The molecular formula is C26H29N5O2. The molecule has 2 aliphatic rings. The molecule has 1 aromatic heterocycles. The highest BCUT2D eigenvalue weighted by molar-refractivity contribution is 6.07. The van der Waals surface area contributed by atoms with Crippen molar-refractivity contribution in [2.24, 2.45) is 0 Å². The first kappa shape index (κ1) is 21.5. The molecule has 2 fully saturated rings. The Balaban J connectivity index is 1.26. The second kappa shape index (κ2) is 8.56. The summed E-state index contributed by atoms with van der Waals surface area (Å²) < 4.78 is 0. The average molecular weight is 444 g/mol. The molecule has 0 radical (unpaired) electrons. The summed E-state index contributed by atoms with van der Waals surface area (Å²) in [7, 11) is 1.78. The standard InChI is InChI=1S/C26H29N5O2/c1-19-23(28-22-11-7-6-10-21(22)27-19)18-30-16-13-26(14-17-30)24(32)31(25(33)29(26)2)15-12-20-8-4-3-5-9-20/h3-11H,12-18H2,1-2H3. The number of urea groups is 1. The molecule has 3 amide bonds. The van der Waals surface area contributed by atoms with E-state index in [1.165, 1.54) is 4.90 Å². The van der Waals surface area contributed by atoms with Crippen molar-refractivity contribution in [2.75, 3.05) is 26.7 Å². The maximum Gasteiger partial charge on any atom is 0.327 e. The van der Waals surface area contributed by atoms with Crippen LogP contribution in [0.3, 0.4) is 0 Å². The zero-order chi connectivity index (χ0) is 23.0. The van der Waals surface area contributed by atoms with Gasteiger partial charge in [-0.2, -0.15) is 0 Å². The lowest BCUT2D eigenvalue weighted by atomic mass is 9.86. The number of likely N-dealkylation sites (N-methyl/N-ethyl adjacent to an activating group) is 1. The van der Waals surface area contributed by atoms with E-state index in [0.29, 0.717) is 32.4 Å². The van der Waals surface area contributed by atoms with Crippen LogP contribution in [-0.2, 0) is 17.8 Å². The molecule has 0 atom stereocenters. The lowest BCUT2D eigenvalue weighted by Gasteiger charge is -2.40. The number of benzene rings is 2. The van der Waals surface area contributed by atoms with Gasteiger partial charge in [-0.05, 0) is 43.9 Å². The van der Waals surface area contributed by atoms with Gasteiger partial charge in [0.15, 0.2) is 0 Å². The molecule has 0 unspecified atom stereocenters. The maximum atomic E-state index is 13.4. The largest absolute Gasteiger partial charge is 0.327 e. The molecule has 3 heterocycles. The number of imide groups is 1. The summed E-state index contributed by atoms with van der Waals surface area (Å²) in [6, 6.07) is 17.7. The van der Waals surface area contributed by atoms with Crippen LogP contribution in [0.2, 0.25) is 0 Å². The number of nitrogens with zero attached hydrogens (tertiary/aromatic N) is 5. The van der Waals surface area contributed by atoms with Crippen LogP contribution >= 0.6 is 0 Å². The van der Waals surface area contributed by atoms with Gasteiger partial charge in [-0.25, -0.2) is 14.8 Å². The number of aromatic nitrogens is 2. The summed E-state index contributed by atoms with van der Waals surface area (Å²) in [4.78, 5) is 41.3. The molecule has 3 aromatic rings. The van der Waals surface area contributed by atoms with Gasteiger partial charge in [-0.15, -0.1) is 0 Å². The van der Waals surface area contributed by atoms with Crippen molar-refractivity contribution in [1.29, 1.82) is 0 Å². The number of carbonyl (C=O) groups is 2. The minimum atomic E-state index is -0.728. The van der Waals surface area contributed by atoms with Gasteiger partial charge in [-0.1, -0.05) is 42.5 Å². The number of aryl methyl sites for hydroxylation is 1. The SMILES string of the molecule is Cc1nc2ccccc2nc1CN1CCC2(CC1)C(=O)N(CCc1ccccc1)C(=O)N2C. The van der Waals surface area contributed by atoms with E-state index in [1.54, 1.807) is 11.9 Å². The van der Waals surface area contributed by atoms with E-state index in [2.05, 4.69) is 4.90 Å². The number of rotatable bonds is 5. The van der Waals surface area contributed by atoms with Gasteiger partial charge in [0.1, 0.15) is 5.54 Å². The Hall–Kier alpha value is -3.32. The van der Waals surface area contributed by atoms with E-state index in [9.17, 15) is 9.59 Å². The highest BCUT2D eigenvalue weighted by Gasteiger charge is 2.56. The number of hydrogen-bond acceptors (Lipinski definition) is 5. The van der Waals surface area contributed by atoms with E-state index in [-0.39, 0.29) is 11.9 Å². The number of likely N-dealkylation sites (tertiary alicyclic amines) is 1. The molecule has 7 heteroatoms. The third-order valence-corrected chi connectivity index (χ3v) is 7.17. The van der Waals surface area contributed by atoms with Gasteiger partial charge in [0.2, 0.25) is 0 Å². The predicted octanol–water partition coefficient (Wildman–Crippen LogP) is 3.41. The summed E-state index contributed by atoms with van der Waals surface area (Å²) >= 11 is 0. The first-order chi connectivity index (χ1) is 16.0. The molecule has 5 rings (SSSR count). The fraction of sp³-hybridized carbons (Fsp3) is 0.385. The normalized spacial score (nSPS) is 18.6. The second-order valence-electron chi connectivity index (χ2n) is 9.09. The smallest absolute Gasteiger partial charge is 0.312 e. The van der Waals surface area contributed by atoms with Crippen molar-refractivity contribution in [3.05, 3.63) is 71.5 Å². The Morgan fingerprint density at radius 1 is 0.909 bits per heavy atom. The number of amides is 3. The van der Waals surface area contributed by atoms with Crippen molar-refractivity contribution in [2.45, 2.75) is 38.3 Å². The van der Waals surface area contributed by atoms with Crippen LogP contribution in [0, 0.1) is 6.92 Å². The molecule has 1 spiro atoms. The lowest BCUT2D eigenvalue weighted by Crippen LogP contribution is -2.55. The molecule has 2 saturated heterocycles. The molecule has 2 aliphatic heterocycles. The highest BCUT2D eigenvalue weighted by atomic mass is 16.2. The first-order valence-corrected chi connectivity index (χ1v) is 11.6. The number of piperidine rings is 1. The van der Waals surface area contributed by atoms with E-state index in [4.69, 9.17) is 9.97 Å². The van der Waals surface area contributed by atoms with Crippen LogP contribution in [0.1, 0.15) is 29.8 Å². The van der Waals surface area contributed by atoms with Gasteiger partial charge < -0.3 is 4.90 Å². The number of hydrogen-bond donors (Lipinski definition) is 0. The zero-order valence-corrected chi connectivity index (χ0v) is 19.2. The quantitative estimate of drug-likeness (QED) is 0.565. The van der Waals surface area contributed by atoms with Crippen LogP contribution in [0.15, 0.2) is 54.6 Å². The Morgan fingerprint density at radius 3 is 2.24 bits per heavy atom. The number of fused-ring (bicyclic) bond motifs is 1. The first-order valence-electron chi connectivity index (χ1n) is 11.6. The van der Waals surface area contributed by atoms with Crippen molar-refractivity contribution in [3.8, 4) is 0 Å². The summed E-state index contributed by atoms with van der Waals surface area (Å²) in [5, 5.41) is 0. The van der Waals surface area contributed by atoms with E-state index >= 15 is 0 Å². The fourth-order valence-corrected chi connectivity index (χ4v) is 5.05. The Kier molecular flexibility index (Phi) is 5.58. The Bertz CT molecular complexity index is 1190. The van der Waals surface area contributed by atoms with E-state index in [1.807, 2.05) is 61.5 Å². The monoisotopic (exact) mass is 443 g/mol. The van der Waals surface area contributed by atoms with Gasteiger partial charge in [-0.3, -0.25) is 14.6 Å². The molecule has 0 saturated carbocycles. The summed E-state index contributed by atoms with van der Waals surface area (Å²) in [6.07, 6.45) is 1.94. The lowest BCUT2D eigenvalue weighted by molar-refractivity contribution is -0.135. The molecular weight excluding hydrogens is 414 g/mol. The second-order valence-corrected chi connectivity index (χ2v) is 9.09. The molecule has 33 heavy (non-hydrogen) atoms. The Labute approximate surface area is 194 Å². The summed E-state index contributed by atoms with van der Waals surface area (Å²) in [5.74, 6) is -0.0488. The summed E-state index contributed by atoms with van der Waals surface area (Å²) in [6.45, 7) is 4.60. The molecule has 0 bridgehead atoms. The van der Waals surface area contributed by atoms with Crippen molar-refractivity contribution in [3.63, 3.8) is 0 Å². The minimum Gasteiger partial charge on any atom is -0.312 e. The average Bonchev–Trinajstić information content (AvgIpc) is 3.01. The molecule has 170 valence electrons. The van der Waals surface area contributed by atoms with Gasteiger partial charge in [0.25, 0.3) is 5.91 Å². The Morgan fingerprint density at radius 2 is 1.55 bits per heavy atom. The maximum absolute atomic E-state index is 13.4. The van der Waals surface area contributed by atoms with Crippen LogP contribution in [0.25, 0.3) is 11.0 Å². The van der Waals surface area contributed by atoms with Crippen LogP contribution in [0.4, 0.5) is 4.79 Å². The number of para-hydroxylation sites is 2. The predicted molar refractivity (Wildman–Crippen MR) is 127 cm³/mol. The van der Waals surface area contributed by atoms with Crippen molar-refractivity contribution in [1.82, 2.24) is 24.7 Å². The van der Waals surface area contributed by atoms with Gasteiger partial charge >= 0.3 is 6.03 Å². The van der Waals surface area contributed by atoms with Crippen LogP contribution < -0.4 is 0 Å². The van der Waals surface area contributed by atoms with E-state index < -0.39 is 5.54 Å². The third-order valence-electron chi connectivity index (χ3n) is 7.17. The summed E-state index contributed by atoms with van der Waals surface area (Å²) in [5.41, 5.74) is 4.11. The van der Waals surface area contributed by atoms with Crippen LogP contribution in [-0.4, -0.2) is 68.8 Å².